The molecule has 27 heavy (non-hydrogen) atoms. The van der Waals surface area contributed by atoms with Crippen molar-refractivity contribution in [3.8, 4) is 5.75 Å². The smallest absolute Gasteiger partial charge is 0.397 e. The molecule has 1 unspecified atom stereocenters. The van der Waals surface area contributed by atoms with Gasteiger partial charge in [-0.3, -0.25) is 14.6 Å². The molecule has 8 nitrogen and oxygen atoms in total. The van der Waals surface area contributed by atoms with E-state index in [1.165, 1.54) is 9.80 Å². The van der Waals surface area contributed by atoms with Crippen LogP contribution in [0.15, 0.2) is 41.4 Å². The lowest BCUT2D eigenvalue weighted by Gasteiger charge is -2.34. The van der Waals surface area contributed by atoms with Crippen molar-refractivity contribution in [3.63, 3.8) is 0 Å². The van der Waals surface area contributed by atoms with Gasteiger partial charge in [-0.15, -0.1) is 0 Å². The molecule has 3 amide bonds. The quantitative estimate of drug-likeness (QED) is 0.590. The Hall–Kier alpha value is -3.16. The maximum absolute atomic E-state index is 13.0. The molecular formula is C19H22N5O3+. The molecule has 1 atom stereocenters. The van der Waals surface area contributed by atoms with E-state index in [0.717, 1.165) is 17.0 Å². The van der Waals surface area contributed by atoms with Crippen molar-refractivity contribution < 1.29 is 18.9 Å². The molecule has 0 N–H and O–H groups in total. The van der Waals surface area contributed by atoms with Crippen LogP contribution < -0.4 is 9.64 Å². The van der Waals surface area contributed by atoms with Crippen LogP contribution in [0.2, 0.25) is 0 Å². The number of hydrogen-bond donors (Lipinski definition) is 0. The van der Waals surface area contributed by atoms with Crippen molar-refractivity contribution >= 4 is 29.4 Å². The molecule has 0 aromatic heterocycles. The number of ether oxygens (including phenoxy) is 1. The summed E-state index contributed by atoms with van der Waals surface area (Å²) in [4.78, 5) is 35.1. The molecule has 8 heteroatoms. The lowest BCUT2D eigenvalue weighted by atomic mass is 10.1. The van der Waals surface area contributed by atoms with E-state index in [-0.39, 0.29) is 18.5 Å². The summed E-state index contributed by atoms with van der Waals surface area (Å²) in [6.45, 7) is 7.21. The number of amides is 3. The third-order valence-electron chi connectivity index (χ3n) is 4.99. The van der Waals surface area contributed by atoms with E-state index in [1.807, 2.05) is 33.7 Å². The summed E-state index contributed by atoms with van der Waals surface area (Å²) in [5.74, 6) is 1.67. The van der Waals surface area contributed by atoms with Crippen LogP contribution in [0.5, 0.6) is 5.75 Å². The van der Waals surface area contributed by atoms with Gasteiger partial charge in [0.15, 0.2) is 0 Å². The van der Waals surface area contributed by atoms with Gasteiger partial charge in [0.2, 0.25) is 11.9 Å². The normalized spacial score (nSPS) is 21.5. The molecule has 1 aromatic carbocycles. The van der Waals surface area contributed by atoms with Crippen LogP contribution in [-0.4, -0.2) is 77.9 Å². The fourth-order valence-corrected chi connectivity index (χ4v) is 3.70. The Morgan fingerprint density at radius 3 is 2.89 bits per heavy atom. The molecule has 3 heterocycles. The van der Waals surface area contributed by atoms with E-state index in [9.17, 15) is 9.59 Å². The molecule has 4 rings (SSSR count). The Labute approximate surface area is 157 Å². The second-order valence-electron chi connectivity index (χ2n) is 6.94. The van der Waals surface area contributed by atoms with Crippen LogP contribution >= 0.6 is 0 Å². The standard InChI is InChI=1S/C19H22N5O3/c1-12(2)11-24-17(25)15-16(21(3)19(24)26)20-18-22(8-9-23(15)18)13-6-5-7-14(10-13)27-4/h5-7,10,15H,1,8-9,11H2,2-4H3/q+1. The molecule has 140 valence electrons. The van der Waals surface area contributed by atoms with Gasteiger partial charge in [0, 0.05) is 13.1 Å². The first-order chi connectivity index (χ1) is 12.9. The van der Waals surface area contributed by atoms with Crippen molar-refractivity contribution in [3.05, 3.63) is 36.4 Å². The second-order valence-corrected chi connectivity index (χ2v) is 6.94. The van der Waals surface area contributed by atoms with Crippen molar-refractivity contribution in [1.29, 1.82) is 0 Å². The van der Waals surface area contributed by atoms with Gasteiger partial charge in [0.1, 0.15) is 18.0 Å². The Morgan fingerprint density at radius 2 is 2.19 bits per heavy atom. The number of urea groups is 1. The van der Waals surface area contributed by atoms with Crippen LogP contribution in [0.3, 0.4) is 0 Å². The molecule has 0 saturated carbocycles. The highest BCUT2D eigenvalue weighted by Gasteiger charge is 2.55. The van der Waals surface area contributed by atoms with Gasteiger partial charge in [0.25, 0.3) is 5.91 Å². The topological polar surface area (TPSA) is 68.5 Å². The molecular weight excluding hydrogens is 346 g/mol. The summed E-state index contributed by atoms with van der Waals surface area (Å²) >= 11 is 0. The van der Waals surface area contributed by atoms with Gasteiger partial charge >= 0.3 is 12.0 Å². The number of anilines is 1. The SMILES string of the molecule is C=C(C)CN1C(=O)C2C(=NC3=[N+]2CCN3c2cccc(OC)c2)N(C)C1=O. The number of aliphatic imine (C=N–C) groups is 1. The maximum atomic E-state index is 13.0. The van der Waals surface area contributed by atoms with E-state index in [4.69, 9.17) is 4.74 Å². The Bertz CT molecular complexity index is 920. The number of likely N-dealkylation sites (N-methyl/N-ethyl adjacent to an activating group) is 1. The summed E-state index contributed by atoms with van der Waals surface area (Å²) in [7, 11) is 3.28. The van der Waals surface area contributed by atoms with E-state index < -0.39 is 6.04 Å². The zero-order chi connectivity index (χ0) is 19.3. The Morgan fingerprint density at radius 1 is 1.41 bits per heavy atom. The van der Waals surface area contributed by atoms with Crippen LogP contribution in [0.4, 0.5) is 10.5 Å². The number of hydrogen-bond acceptors (Lipinski definition) is 5. The molecule has 3 aliphatic rings. The summed E-state index contributed by atoms with van der Waals surface area (Å²) in [6.07, 6.45) is 0. The number of methoxy groups -OCH3 is 1. The first-order valence-electron chi connectivity index (χ1n) is 8.79. The minimum atomic E-state index is -0.572. The minimum absolute atomic E-state index is 0.217. The van der Waals surface area contributed by atoms with Crippen LogP contribution in [-0.2, 0) is 4.79 Å². The van der Waals surface area contributed by atoms with Gasteiger partial charge < -0.3 is 4.74 Å². The van der Waals surface area contributed by atoms with Gasteiger partial charge in [0.05, 0.1) is 20.2 Å². The van der Waals surface area contributed by atoms with E-state index in [1.54, 1.807) is 21.1 Å². The predicted molar refractivity (Wildman–Crippen MR) is 101 cm³/mol. The Balaban J connectivity index is 1.72. The highest BCUT2D eigenvalue weighted by molar-refractivity contribution is 6.24. The molecule has 0 radical (unpaired) electrons. The number of rotatable bonds is 4. The number of benzene rings is 1. The average Bonchev–Trinajstić information content (AvgIpc) is 3.22. The molecule has 1 aromatic rings. The third kappa shape index (κ3) is 2.59. The van der Waals surface area contributed by atoms with E-state index >= 15 is 0 Å². The lowest BCUT2D eigenvalue weighted by Crippen LogP contribution is -2.62. The van der Waals surface area contributed by atoms with Crippen LogP contribution in [0.25, 0.3) is 0 Å². The van der Waals surface area contributed by atoms with Gasteiger partial charge in [-0.05, 0) is 19.1 Å². The van der Waals surface area contributed by atoms with Crippen molar-refractivity contribution in [1.82, 2.24) is 9.80 Å². The molecule has 0 spiro atoms. The summed E-state index contributed by atoms with van der Waals surface area (Å²) < 4.78 is 7.28. The van der Waals surface area contributed by atoms with Gasteiger partial charge in [-0.25, -0.2) is 14.3 Å². The lowest BCUT2D eigenvalue weighted by molar-refractivity contribution is -0.525. The van der Waals surface area contributed by atoms with Gasteiger partial charge in [-0.1, -0.05) is 23.2 Å². The number of carbonyl (C=O) groups excluding carboxylic acids is 2. The minimum Gasteiger partial charge on any atom is -0.497 e. The Kier molecular flexibility index (Phi) is 3.98. The average molecular weight is 368 g/mol. The molecule has 1 saturated heterocycles. The predicted octanol–water partition coefficient (Wildman–Crippen LogP) is 1.13. The summed E-state index contributed by atoms with van der Waals surface area (Å²) in [6, 6.07) is 6.77. The van der Waals surface area contributed by atoms with E-state index in [2.05, 4.69) is 11.6 Å². The number of fused-ring (bicyclic) bond motifs is 2. The maximum Gasteiger partial charge on any atom is 0.397 e. The highest BCUT2D eigenvalue weighted by atomic mass is 16.5. The monoisotopic (exact) mass is 368 g/mol. The first-order valence-corrected chi connectivity index (χ1v) is 8.79. The zero-order valence-corrected chi connectivity index (χ0v) is 15.7. The molecule has 0 bridgehead atoms. The van der Waals surface area contributed by atoms with Crippen molar-refractivity contribution in [2.75, 3.05) is 38.7 Å². The number of nitrogens with zero attached hydrogens (tertiary/aromatic N) is 5. The first kappa shape index (κ1) is 17.3. The number of guanidine groups is 1. The molecule has 0 aliphatic carbocycles. The number of carbonyl (C=O) groups is 2. The second kappa shape index (κ2) is 6.22. The highest BCUT2D eigenvalue weighted by Crippen LogP contribution is 2.28. The largest absolute Gasteiger partial charge is 0.497 e. The van der Waals surface area contributed by atoms with Crippen LogP contribution in [0.1, 0.15) is 6.92 Å². The molecule has 3 aliphatic heterocycles. The number of imide groups is 1. The van der Waals surface area contributed by atoms with Gasteiger partial charge in [-0.2, -0.15) is 0 Å². The zero-order valence-electron chi connectivity index (χ0n) is 15.7. The van der Waals surface area contributed by atoms with Crippen molar-refractivity contribution in [2.24, 2.45) is 4.99 Å². The summed E-state index contributed by atoms with van der Waals surface area (Å²) in [5, 5.41) is 0. The van der Waals surface area contributed by atoms with E-state index in [0.29, 0.717) is 24.9 Å². The fraction of sp³-hybridized carbons (Fsp3) is 0.368. The fourth-order valence-electron chi connectivity index (χ4n) is 3.70. The number of amidine groups is 1. The van der Waals surface area contributed by atoms with Crippen LogP contribution in [0, 0.1) is 0 Å². The summed E-state index contributed by atoms with van der Waals surface area (Å²) in [5.41, 5.74) is 1.70. The third-order valence-corrected chi connectivity index (χ3v) is 4.99. The molecule has 1 fully saturated rings. The van der Waals surface area contributed by atoms with Crippen molar-refractivity contribution in [2.45, 2.75) is 13.0 Å².